The summed E-state index contributed by atoms with van der Waals surface area (Å²) < 4.78 is 43.7. The van der Waals surface area contributed by atoms with Gasteiger partial charge in [-0.2, -0.15) is 23.5 Å². The van der Waals surface area contributed by atoms with E-state index in [-0.39, 0.29) is 33.8 Å². The van der Waals surface area contributed by atoms with Gasteiger partial charge in [0.15, 0.2) is 0 Å². The molecule has 1 saturated carbocycles. The first-order valence-corrected chi connectivity index (χ1v) is 14.0. The van der Waals surface area contributed by atoms with Crippen molar-refractivity contribution in [3.63, 3.8) is 0 Å². The van der Waals surface area contributed by atoms with Crippen LogP contribution < -0.4 is 4.90 Å². The minimum absolute atomic E-state index is 0.00156. The summed E-state index contributed by atoms with van der Waals surface area (Å²) in [6, 6.07) is 4.80. The zero-order chi connectivity index (χ0) is 28.2. The van der Waals surface area contributed by atoms with E-state index in [0.29, 0.717) is 67.2 Å². The average molecular weight is 549 g/mol. The molecule has 0 radical (unpaired) electrons. The van der Waals surface area contributed by atoms with Crippen LogP contribution in [0.3, 0.4) is 0 Å². The van der Waals surface area contributed by atoms with E-state index >= 15 is 0 Å². The topological polar surface area (TPSA) is 88.9 Å². The number of aromatic nitrogens is 3. The predicted octanol–water partition coefficient (Wildman–Crippen LogP) is 5.65. The van der Waals surface area contributed by atoms with Gasteiger partial charge in [0, 0.05) is 60.4 Å². The number of nitrogens with one attached hydrogen (secondary N) is 1. The SMILES string of the molecule is CCC(=O)N1CC2(CCN(c3nc4c(c(-c5c(C(F)(F)F)ccc6[nH]ncc56)c3C#N)C[C@H]3C[C@@H]4C3(C)C)C2)C1. The van der Waals surface area contributed by atoms with Gasteiger partial charge in [-0.15, -0.1) is 0 Å². The lowest BCUT2D eigenvalue weighted by Crippen LogP contribution is -2.59. The lowest BCUT2D eigenvalue weighted by atomic mass is 9.48. The fraction of sp³-hybridized carbons (Fsp3) is 0.533. The Morgan fingerprint density at radius 2 is 2.00 bits per heavy atom. The quantitative estimate of drug-likeness (QED) is 0.457. The number of carbonyl (C=O) groups excluding carboxylic acids is 1. The number of H-pyrrole nitrogens is 1. The van der Waals surface area contributed by atoms with Gasteiger partial charge in [0.2, 0.25) is 5.91 Å². The summed E-state index contributed by atoms with van der Waals surface area (Å²) in [6.45, 7) is 8.88. The molecule has 7 nitrogen and oxygen atoms in total. The second kappa shape index (κ2) is 8.21. The zero-order valence-electron chi connectivity index (χ0n) is 22.8. The second-order valence-electron chi connectivity index (χ2n) is 12.8. The Morgan fingerprint density at radius 1 is 1.23 bits per heavy atom. The summed E-state index contributed by atoms with van der Waals surface area (Å²) in [4.78, 5) is 21.3. The Labute approximate surface area is 230 Å². The van der Waals surface area contributed by atoms with Crippen LogP contribution in [0.25, 0.3) is 22.0 Å². The Kier molecular flexibility index (Phi) is 5.21. The van der Waals surface area contributed by atoms with Gasteiger partial charge in [-0.1, -0.05) is 20.8 Å². The van der Waals surface area contributed by atoms with Crippen LogP contribution in [0, 0.1) is 28.1 Å². The third-order valence-corrected chi connectivity index (χ3v) is 10.3. The van der Waals surface area contributed by atoms with Gasteiger partial charge in [-0.3, -0.25) is 9.89 Å². The first-order valence-electron chi connectivity index (χ1n) is 14.0. The number of hydrogen-bond donors (Lipinski definition) is 1. The summed E-state index contributed by atoms with van der Waals surface area (Å²) in [7, 11) is 0. The van der Waals surface area contributed by atoms with E-state index < -0.39 is 11.7 Å². The lowest BCUT2D eigenvalue weighted by Gasteiger charge is -2.57. The van der Waals surface area contributed by atoms with Crippen molar-refractivity contribution in [1.29, 1.82) is 5.26 Å². The number of carbonyl (C=O) groups is 1. The van der Waals surface area contributed by atoms with Gasteiger partial charge in [0.05, 0.1) is 23.0 Å². The van der Waals surface area contributed by atoms with E-state index in [9.17, 15) is 23.2 Å². The summed E-state index contributed by atoms with van der Waals surface area (Å²) in [6.07, 6.45) is -0.314. The number of likely N-dealkylation sites (tertiary alicyclic amines) is 1. The molecule has 1 aromatic carbocycles. The third kappa shape index (κ3) is 3.39. The smallest absolute Gasteiger partial charge is 0.355 e. The number of pyridine rings is 1. The first-order chi connectivity index (χ1) is 19.0. The largest absolute Gasteiger partial charge is 0.417 e. The van der Waals surface area contributed by atoms with E-state index in [0.717, 1.165) is 30.2 Å². The fourth-order valence-corrected chi connectivity index (χ4v) is 7.87. The van der Waals surface area contributed by atoms with Crippen LogP contribution >= 0.6 is 0 Å². The highest BCUT2D eigenvalue weighted by Crippen LogP contribution is 2.64. The predicted molar refractivity (Wildman–Crippen MR) is 144 cm³/mol. The molecule has 1 spiro atoms. The van der Waals surface area contributed by atoms with Gasteiger partial charge in [0.25, 0.3) is 0 Å². The van der Waals surface area contributed by atoms with Gasteiger partial charge in [-0.05, 0) is 48.3 Å². The van der Waals surface area contributed by atoms with E-state index in [1.807, 2.05) is 11.8 Å². The highest BCUT2D eigenvalue weighted by atomic mass is 19.4. The first kappa shape index (κ1) is 25.4. The lowest BCUT2D eigenvalue weighted by molar-refractivity contribution is -0.141. The molecule has 1 amide bonds. The maximum absolute atomic E-state index is 14.6. The van der Waals surface area contributed by atoms with Crippen LogP contribution in [0.5, 0.6) is 0 Å². The van der Waals surface area contributed by atoms with E-state index in [1.54, 1.807) is 0 Å². The number of amides is 1. The second-order valence-corrected chi connectivity index (χ2v) is 12.8. The molecule has 4 heterocycles. The Hall–Kier alpha value is -3.61. The molecule has 3 fully saturated rings. The normalized spacial score (nSPS) is 24.0. The van der Waals surface area contributed by atoms with Crippen molar-refractivity contribution in [2.45, 2.75) is 58.5 Å². The third-order valence-electron chi connectivity index (χ3n) is 10.3. The number of alkyl halides is 3. The Bertz CT molecular complexity index is 1610. The van der Waals surface area contributed by atoms with Gasteiger partial charge in [0.1, 0.15) is 17.5 Å². The molecular formula is C30H31F3N6O. The average Bonchev–Trinajstić information content (AvgIpc) is 3.57. The highest BCUT2D eigenvalue weighted by molar-refractivity contribution is 6.00. The molecule has 10 heteroatoms. The molecule has 8 rings (SSSR count). The molecule has 2 aliphatic heterocycles. The van der Waals surface area contributed by atoms with Crippen molar-refractivity contribution in [1.82, 2.24) is 20.1 Å². The summed E-state index contributed by atoms with van der Waals surface area (Å²) in [5.74, 6) is 1.06. The number of aromatic amines is 1. The molecule has 2 saturated heterocycles. The van der Waals surface area contributed by atoms with Crippen LogP contribution in [0.4, 0.5) is 19.0 Å². The van der Waals surface area contributed by atoms with Crippen molar-refractivity contribution in [2.24, 2.45) is 16.7 Å². The number of halogens is 3. The fourth-order valence-electron chi connectivity index (χ4n) is 7.87. The van der Waals surface area contributed by atoms with E-state index in [4.69, 9.17) is 4.98 Å². The number of nitriles is 1. The molecule has 3 aromatic rings. The summed E-state index contributed by atoms with van der Waals surface area (Å²) in [5.41, 5.74) is 1.86. The molecule has 5 aliphatic rings. The molecule has 2 atom stereocenters. The zero-order valence-corrected chi connectivity index (χ0v) is 22.8. The number of rotatable bonds is 3. The molecule has 1 N–H and O–H groups in total. The highest BCUT2D eigenvalue weighted by Gasteiger charge is 2.55. The van der Waals surface area contributed by atoms with Gasteiger partial charge >= 0.3 is 6.18 Å². The van der Waals surface area contributed by atoms with Crippen molar-refractivity contribution in [3.05, 3.63) is 40.7 Å². The molecule has 2 bridgehead atoms. The Morgan fingerprint density at radius 3 is 2.67 bits per heavy atom. The van der Waals surface area contributed by atoms with Crippen LogP contribution in [-0.4, -0.2) is 52.2 Å². The molecule has 40 heavy (non-hydrogen) atoms. The van der Waals surface area contributed by atoms with Crippen LogP contribution in [0.15, 0.2) is 18.3 Å². The van der Waals surface area contributed by atoms with Crippen molar-refractivity contribution < 1.29 is 18.0 Å². The van der Waals surface area contributed by atoms with Crippen LogP contribution in [0.2, 0.25) is 0 Å². The number of benzene rings is 1. The maximum atomic E-state index is 14.6. The standard InChI is InChI=1S/C30H31F3N6O/c1-4-23(40)39-14-29(15-39)7-8-38(13-29)27-18(11-34)24(17-9-16-10-21(26(17)36-27)28(16,2)3)25-19-12-35-37-22(19)6-5-20(25)30(31,32)33/h5-6,12,16,21H,4,7-10,13-15H2,1-3H3,(H,35,37)/t16-,21-/m0/s1. The molecule has 2 aromatic heterocycles. The Balaban J connectivity index is 1.43. The molecule has 3 aliphatic carbocycles. The maximum Gasteiger partial charge on any atom is 0.417 e. The minimum Gasteiger partial charge on any atom is -0.355 e. The molecular weight excluding hydrogens is 517 g/mol. The minimum atomic E-state index is -4.61. The van der Waals surface area contributed by atoms with Crippen molar-refractivity contribution >= 4 is 22.6 Å². The van der Waals surface area contributed by atoms with Crippen LogP contribution in [-0.2, 0) is 17.4 Å². The monoisotopic (exact) mass is 548 g/mol. The van der Waals surface area contributed by atoms with Gasteiger partial charge < -0.3 is 9.80 Å². The van der Waals surface area contributed by atoms with Gasteiger partial charge in [-0.25, -0.2) is 4.98 Å². The summed E-state index contributed by atoms with van der Waals surface area (Å²) >= 11 is 0. The molecule has 208 valence electrons. The van der Waals surface area contributed by atoms with Crippen molar-refractivity contribution in [2.75, 3.05) is 31.1 Å². The number of fused-ring (bicyclic) bond motifs is 1. The number of anilines is 1. The van der Waals surface area contributed by atoms with Crippen molar-refractivity contribution in [3.8, 4) is 17.2 Å². The van der Waals surface area contributed by atoms with E-state index in [1.165, 1.54) is 12.3 Å². The molecule has 0 unspecified atom stereocenters. The number of hydrogen-bond acceptors (Lipinski definition) is 5. The number of nitrogens with zero attached hydrogens (tertiary/aromatic N) is 5. The van der Waals surface area contributed by atoms with Crippen LogP contribution in [0.1, 0.15) is 68.3 Å². The van der Waals surface area contributed by atoms with E-state index in [2.05, 4.69) is 35.0 Å². The summed E-state index contributed by atoms with van der Waals surface area (Å²) in [5, 5.41) is 17.8.